The zero-order valence-electron chi connectivity index (χ0n) is 12.9. The summed E-state index contributed by atoms with van der Waals surface area (Å²) in [6.45, 7) is 3.42. The van der Waals surface area contributed by atoms with E-state index in [0.29, 0.717) is 32.2 Å². The molecule has 0 radical (unpaired) electrons. The number of carbonyl (C=O) groups excluding carboxylic acids is 1. The number of nitrogens with zero attached hydrogens (tertiary/aromatic N) is 1. The average molecular weight is 286 g/mol. The van der Waals surface area contributed by atoms with Crippen molar-refractivity contribution >= 4 is 6.03 Å². The molecule has 0 heterocycles. The van der Waals surface area contributed by atoms with Gasteiger partial charge in [-0.1, -0.05) is 25.7 Å². The predicted octanol–water partition coefficient (Wildman–Crippen LogP) is 2.14. The predicted molar refractivity (Wildman–Crippen MR) is 79.8 cm³/mol. The second-order valence-corrected chi connectivity index (χ2v) is 5.78. The Bertz CT molecular complexity index is 264. The third-order valence-corrected chi connectivity index (χ3v) is 3.76. The first kappa shape index (κ1) is 17.2. The molecule has 2 N–H and O–H groups in total. The summed E-state index contributed by atoms with van der Waals surface area (Å²) in [5.74, 6) is 0. The van der Waals surface area contributed by atoms with Crippen LogP contribution in [0.4, 0.5) is 4.79 Å². The molecule has 118 valence electrons. The van der Waals surface area contributed by atoms with Gasteiger partial charge in [-0.3, -0.25) is 0 Å². The molecule has 1 rings (SSSR count). The van der Waals surface area contributed by atoms with Crippen LogP contribution < -0.4 is 5.32 Å². The second-order valence-electron chi connectivity index (χ2n) is 5.78. The molecule has 1 atom stereocenters. The van der Waals surface area contributed by atoms with Crippen molar-refractivity contribution < 1.29 is 14.6 Å². The normalized spacial score (nSPS) is 18.4. The lowest BCUT2D eigenvalue weighted by molar-refractivity contribution is 0.0455. The van der Waals surface area contributed by atoms with E-state index in [1.165, 1.54) is 25.7 Å². The Morgan fingerprint density at radius 1 is 1.35 bits per heavy atom. The van der Waals surface area contributed by atoms with Crippen LogP contribution in [0.1, 0.15) is 51.9 Å². The molecule has 2 amide bonds. The first-order chi connectivity index (χ1) is 9.59. The van der Waals surface area contributed by atoms with E-state index in [4.69, 9.17) is 4.74 Å². The Balaban J connectivity index is 2.05. The molecule has 5 heteroatoms. The van der Waals surface area contributed by atoms with Gasteiger partial charge in [-0.15, -0.1) is 0 Å². The van der Waals surface area contributed by atoms with Crippen molar-refractivity contribution in [3.63, 3.8) is 0 Å². The van der Waals surface area contributed by atoms with Crippen molar-refractivity contribution in [2.45, 2.75) is 64.1 Å². The summed E-state index contributed by atoms with van der Waals surface area (Å²) in [4.78, 5) is 13.3. The molecule has 5 nitrogen and oxygen atoms in total. The Kier molecular flexibility index (Phi) is 8.62. The molecule has 0 aromatic heterocycles. The number of hydrogen-bond acceptors (Lipinski definition) is 3. The summed E-state index contributed by atoms with van der Waals surface area (Å²) in [6.07, 6.45) is 8.09. The fourth-order valence-electron chi connectivity index (χ4n) is 2.41. The van der Waals surface area contributed by atoms with Gasteiger partial charge in [-0.25, -0.2) is 4.79 Å². The Hall–Kier alpha value is -0.810. The first-order valence-electron chi connectivity index (χ1n) is 7.88. The quantitative estimate of drug-likeness (QED) is 0.557. The molecule has 1 saturated carbocycles. The highest BCUT2D eigenvalue weighted by Gasteiger charge is 2.13. The third kappa shape index (κ3) is 7.70. The minimum Gasteiger partial charge on any atom is -0.393 e. The monoisotopic (exact) mass is 286 g/mol. The SMILES string of the molecule is CC(O)CCN(C)C(=O)NCCOC1CCCCCC1. The molecule has 0 bridgehead atoms. The number of amides is 2. The van der Waals surface area contributed by atoms with Crippen molar-refractivity contribution in [3.05, 3.63) is 0 Å². The fraction of sp³-hybridized carbons (Fsp3) is 0.933. The Labute approximate surface area is 122 Å². The van der Waals surface area contributed by atoms with Crippen molar-refractivity contribution in [1.82, 2.24) is 10.2 Å². The standard InChI is InChI=1S/C15H30N2O3/c1-13(18)9-11-17(2)15(19)16-10-12-20-14-7-5-3-4-6-8-14/h13-14,18H,3-12H2,1-2H3,(H,16,19). The molecule has 0 saturated heterocycles. The van der Waals surface area contributed by atoms with Crippen LogP contribution >= 0.6 is 0 Å². The van der Waals surface area contributed by atoms with Crippen LogP contribution in [0.3, 0.4) is 0 Å². The first-order valence-corrected chi connectivity index (χ1v) is 7.88. The fourth-order valence-corrected chi connectivity index (χ4v) is 2.41. The number of urea groups is 1. The molecule has 1 fully saturated rings. The van der Waals surface area contributed by atoms with Gasteiger partial charge in [0.05, 0.1) is 18.8 Å². The number of rotatable bonds is 7. The van der Waals surface area contributed by atoms with E-state index >= 15 is 0 Å². The van der Waals surface area contributed by atoms with Crippen molar-refractivity contribution in [2.75, 3.05) is 26.7 Å². The largest absolute Gasteiger partial charge is 0.393 e. The summed E-state index contributed by atoms with van der Waals surface area (Å²) >= 11 is 0. The van der Waals surface area contributed by atoms with Gasteiger partial charge in [0.2, 0.25) is 0 Å². The van der Waals surface area contributed by atoms with Crippen LogP contribution in [0.25, 0.3) is 0 Å². The van der Waals surface area contributed by atoms with Crippen molar-refractivity contribution in [3.8, 4) is 0 Å². The van der Waals surface area contributed by atoms with E-state index in [0.717, 1.165) is 12.8 Å². The molecular weight excluding hydrogens is 256 g/mol. The van der Waals surface area contributed by atoms with Crippen LogP contribution in [0.15, 0.2) is 0 Å². The highest BCUT2D eigenvalue weighted by atomic mass is 16.5. The van der Waals surface area contributed by atoms with E-state index in [-0.39, 0.29) is 12.1 Å². The molecule has 1 aliphatic carbocycles. The Morgan fingerprint density at radius 2 is 2.00 bits per heavy atom. The van der Waals surface area contributed by atoms with Crippen LogP contribution in [-0.2, 0) is 4.74 Å². The van der Waals surface area contributed by atoms with Gasteiger partial charge in [0.15, 0.2) is 0 Å². The summed E-state index contributed by atoms with van der Waals surface area (Å²) in [6, 6.07) is -0.102. The molecule has 0 aromatic carbocycles. The Morgan fingerprint density at radius 3 is 2.60 bits per heavy atom. The van der Waals surface area contributed by atoms with E-state index in [2.05, 4.69) is 5.32 Å². The maximum absolute atomic E-state index is 11.7. The highest BCUT2D eigenvalue weighted by Crippen LogP contribution is 2.19. The van der Waals surface area contributed by atoms with Crippen molar-refractivity contribution in [1.29, 1.82) is 0 Å². The van der Waals surface area contributed by atoms with E-state index in [9.17, 15) is 9.90 Å². The van der Waals surface area contributed by atoms with Crippen LogP contribution in [-0.4, -0.2) is 55.0 Å². The topological polar surface area (TPSA) is 61.8 Å². The number of carbonyl (C=O) groups is 1. The zero-order chi connectivity index (χ0) is 14.8. The summed E-state index contributed by atoms with van der Waals surface area (Å²) in [5, 5.41) is 12.0. The smallest absolute Gasteiger partial charge is 0.317 e. The molecule has 20 heavy (non-hydrogen) atoms. The molecule has 1 aliphatic rings. The van der Waals surface area contributed by atoms with E-state index in [1.807, 2.05) is 0 Å². The molecule has 0 aromatic rings. The van der Waals surface area contributed by atoms with Gasteiger partial charge in [-0.05, 0) is 26.2 Å². The number of hydrogen-bond donors (Lipinski definition) is 2. The number of nitrogens with one attached hydrogen (secondary N) is 1. The van der Waals surface area contributed by atoms with Gasteiger partial charge in [-0.2, -0.15) is 0 Å². The number of aliphatic hydroxyl groups is 1. The third-order valence-electron chi connectivity index (χ3n) is 3.76. The summed E-state index contributed by atoms with van der Waals surface area (Å²) in [7, 11) is 1.74. The van der Waals surface area contributed by atoms with Gasteiger partial charge in [0.25, 0.3) is 0 Å². The molecule has 1 unspecified atom stereocenters. The van der Waals surface area contributed by atoms with Gasteiger partial charge in [0.1, 0.15) is 0 Å². The number of ether oxygens (including phenoxy) is 1. The minimum absolute atomic E-state index is 0.102. The van der Waals surface area contributed by atoms with Crippen LogP contribution in [0.2, 0.25) is 0 Å². The van der Waals surface area contributed by atoms with Gasteiger partial charge >= 0.3 is 6.03 Å². The molecule has 0 spiro atoms. The van der Waals surface area contributed by atoms with Crippen LogP contribution in [0.5, 0.6) is 0 Å². The van der Waals surface area contributed by atoms with E-state index < -0.39 is 0 Å². The minimum atomic E-state index is -0.371. The van der Waals surface area contributed by atoms with Crippen LogP contribution in [0, 0.1) is 0 Å². The second kappa shape index (κ2) is 10.00. The lowest BCUT2D eigenvalue weighted by atomic mass is 10.1. The maximum atomic E-state index is 11.7. The van der Waals surface area contributed by atoms with Gasteiger partial charge in [0, 0.05) is 20.1 Å². The molecular formula is C15H30N2O3. The average Bonchev–Trinajstić information content (AvgIpc) is 2.69. The lowest BCUT2D eigenvalue weighted by Crippen LogP contribution is -2.40. The summed E-state index contributed by atoms with van der Waals surface area (Å²) < 4.78 is 5.82. The molecule has 0 aliphatic heterocycles. The summed E-state index contributed by atoms with van der Waals surface area (Å²) in [5.41, 5.74) is 0. The number of aliphatic hydroxyl groups excluding tert-OH is 1. The zero-order valence-corrected chi connectivity index (χ0v) is 12.9. The van der Waals surface area contributed by atoms with E-state index in [1.54, 1.807) is 18.9 Å². The maximum Gasteiger partial charge on any atom is 0.317 e. The lowest BCUT2D eigenvalue weighted by Gasteiger charge is -2.19. The van der Waals surface area contributed by atoms with Gasteiger partial charge < -0.3 is 20.1 Å². The van der Waals surface area contributed by atoms with Crippen molar-refractivity contribution in [2.24, 2.45) is 0 Å². The highest BCUT2D eigenvalue weighted by molar-refractivity contribution is 5.73.